The predicted molar refractivity (Wildman–Crippen MR) is 167 cm³/mol. The van der Waals surface area contributed by atoms with E-state index in [1.54, 1.807) is 0 Å². The normalized spacial score (nSPS) is 14.2. The van der Waals surface area contributed by atoms with E-state index < -0.39 is 0 Å². The van der Waals surface area contributed by atoms with Gasteiger partial charge in [-0.1, -0.05) is 72.8 Å². The zero-order valence-electron chi connectivity index (χ0n) is 22.2. The molecule has 0 amide bonds. The quantitative estimate of drug-likeness (QED) is 0.277. The Balaban J connectivity index is 1.23. The highest BCUT2D eigenvalue weighted by atomic mass is 16.5. The second-order valence-corrected chi connectivity index (χ2v) is 11.4. The molecule has 0 N–H and O–H groups in total. The summed E-state index contributed by atoms with van der Waals surface area (Å²) in [5, 5.41) is 2.52. The van der Waals surface area contributed by atoms with Crippen LogP contribution in [0.25, 0.3) is 27.5 Å². The van der Waals surface area contributed by atoms with Crippen molar-refractivity contribution in [2.75, 3.05) is 0 Å². The van der Waals surface area contributed by atoms with Crippen LogP contribution < -0.4 is 47.0 Å². The van der Waals surface area contributed by atoms with Crippen LogP contribution in [0.5, 0.6) is 34.8 Å². The van der Waals surface area contributed by atoms with Crippen molar-refractivity contribution in [1.82, 2.24) is 9.55 Å². The van der Waals surface area contributed by atoms with Gasteiger partial charge in [-0.05, 0) is 63.7 Å². The second-order valence-electron chi connectivity index (χ2n) is 11.4. The van der Waals surface area contributed by atoms with Crippen LogP contribution in [-0.2, 0) is 0 Å². The van der Waals surface area contributed by atoms with E-state index in [1.165, 1.54) is 32.7 Å². The molecule has 0 saturated heterocycles. The molecule has 7 heteroatoms. The number of ether oxygens (including phenoxy) is 3. The standard InChI is InChI=1S/C35H18B2N2O3/c1-3-12-25-19(8-1)20-9-5-11-22-33(20)39(25)26-13-6-15-28-31(26)37(22)24-18-23-34(38-35(24)41-28)42-30-17-7-16-29-32(30)36(23)21-10-2-4-14-27(21)40-29/h1-18H. The number of aromatic nitrogens is 2. The molecule has 6 heterocycles. The molecular formula is C35H18B2N2O3. The van der Waals surface area contributed by atoms with Crippen molar-refractivity contribution in [1.29, 1.82) is 0 Å². The average Bonchev–Trinajstić information content (AvgIpc) is 3.37. The van der Waals surface area contributed by atoms with Crippen molar-refractivity contribution in [3.05, 3.63) is 109 Å². The van der Waals surface area contributed by atoms with Crippen LogP contribution in [-0.4, -0.2) is 23.0 Å². The lowest BCUT2D eigenvalue weighted by atomic mass is 9.32. The molecule has 42 heavy (non-hydrogen) atoms. The number of pyridine rings is 1. The molecule has 0 saturated carbocycles. The molecule has 4 aliphatic rings. The summed E-state index contributed by atoms with van der Waals surface area (Å²) in [6.07, 6.45) is 0. The Hall–Kier alpha value is -5.42. The summed E-state index contributed by atoms with van der Waals surface area (Å²) in [5.74, 6) is 4.50. The minimum absolute atomic E-state index is 0.0232. The van der Waals surface area contributed by atoms with Crippen LogP contribution in [0.1, 0.15) is 0 Å². The van der Waals surface area contributed by atoms with Crippen LogP contribution in [0.4, 0.5) is 0 Å². The van der Waals surface area contributed by atoms with Gasteiger partial charge in [-0.15, -0.1) is 0 Å². The lowest BCUT2D eigenvalue weighted by molar-refractivity contribution is 0.428. The molecule has 2 aromatic heterocycles. The van der Waals surface area contributed by atoms with Gasteiger partial charge in [0, 0.05) is 27.4 Å². The third-order valence-corrected chi connectivity index (χ3v) is 9.42. The number of nitrogens with zero attached hydrogens (tertiary/aromatic N) is 2. The van der Waals surface area contributed by atoms with Crippen LogP contribution >= 0.6 is 0 Å². The Morgan fingerprint density at radius 2 is 1.12 bits per heavy atom. The number of benzene rings is 5. The summed E-state index contributed by atoms with van der Waals surface area (Å²) in [7, 11) is 0. The van der Waals surface area contributed by atoms with Crippen molar-refractivity contribution in [3.63, 3.8) is 0 Å². The highest BCUT2D eigenvalue weighted by Crippen LogP contribution is 2.38. The van der Waals surface area contributed by atoms with Crippen LogP contribution in [0.15, 0.2) is 109 Å². The maximum Gasteiger partial charge on any atom is 0.262 e. The van der Waals surface area contributed by atoms with Crippen molar-refractivity contribution in [2.45, 2.75) is 0 Å². The SMILES string of the molecule is c1ccc2c(c1)Oc1cccc3c1B2c1cc2c(nc1O3)Oc1cccc3c1B2c1cccc2c4ccccc4n-3c12. The van der Waals surface area contributed by atoms with Gasteiger partial charge in [0.25, 0.3) is 13.4 Å². The fourth-order valence-corrected chi connectivity index (χ4v) is 7.81. The first-order valence-electron chi connectivity index (χ1n) is 14.3. The third kappa shape index (κ3) is 2.43. The van der Waals surface area contributed by atoms with Crippen LogP contribution in [0.2, 0.25) is 0 Å². The lowest BCUT2D eigenvalue weighted by Crippen LogP contribution is -2.62. The molecular weight excluding hydrogens is 518 g/mol. The first kappa shape index (κ1) is 21.3. The first-order valence-corrected chi connectivity index (χ1v) is 14.3. The van der Waals surface area contributed by atoms with Crippen molar-refractivity contribution in [2.24, 2.45) is 0 Å². The van der Waals surface area contributed by atoms with Gasteiger partial charge in [0.05, 0.1) is 5.52 Å². The summed E-state index contributed by atoms with van der Waals surface area (Å²) in [6, 6.07) is 38.3. The van der Waals surface area contributed by atoms with Crippen LogP contribution in [0, 0.1) is 0 Å². The number of hydrogen-bond acceptors (Lipinski definition) is 4. The molecule has 0 unspecified atom stereocenters. The van der Waals surface area contributed by atoms with E-state index in [0.29, 0.717) is 11.8 Å². The highest BCUT2D eigenvalue weighted by Gasteiger charge is 2.45. The molecule has 11 rings (SSSR count). The molecule has 0 aliphatic carbocycles. The third-order valence-electron chi connectivity index (χ3n) is 9.42. The van der Waals surface area contributed by atoms with Gasteiger partial charge in [0.1, 0.15) is 23.0 Å². The summed E-state index contributed by atoms with van der Waals surface area (Å²) >= 11 is 0. The lowest BCUT2D eigenvalue weighted by Gasteiger charge is -2.35. The van der Waals surface area contributed by atoms with Crippen LogP contribution in [0.3, 0.4) is 0 Å². The van der Waals surface area contributed by atoms with Crippen molar-refractivity contribution < 1.29 is 14.2 Å². The van der Waals surface area contributed by atoms with E-state index in [9.17, 15) is 0 Å². The smallest absolute Gasteiger partial charge is 0.262 e. The van der Waals surface area contributed by atoms with Gasteiger partial charge >= 0.3 is 0 Å². The minimum atomic E-state index is -0.0508. The average molecular weight is 536 g/mol. The second kappa shape index (κ2) is 7.25. The largest absolute Gasteiger partial charge is 0.458 e. The van der Waals surface area contributed by atoms with E-state index in [-0.39, 0.29) is 13.4 Å². The molecule has 0 fully saturated rings. The molecule has 5 aromatic carbocycles. The predicted octanol–water partition coefficient (Wildman–Crippen LogP) is 3.84. The molecule has 192 valence electrons. The number of hydrogen-bond donors (Lipinski definition) is 0. The summed E-state index contributed by atoms with van der Waals surface area (Å²) in [5.41, 5.74) is 10.3. The molecule has 4 aliphatic heterocycles. The fourth-order valence-electron chi connectivity index (χ4n) is 7.81. The fraction of sp³-hybridized carbons (Fsp3) is 0. The zero-order chi connectivity index (χ0) is 27.1. The van der Waals surface area contributed by atoms with Crippen molar-refractivity contribution in [3.8, 4) is 40.4 Å². The molecule has 5 nitrogen and oxygen atoms in total. The molecule has 0 bridgehead atoms. The first-order chi connectivity index (χ1) is 20.8. The summed E-state index contributed by atoms with van der Waals surface area (Å²) in [4.78, 5) is 5.10. The van der Waals surface area contributed by atoms with E-state index in [4.69, 9.17) is 19.2 Å². The van der Waals surface area contributed by atoms with Crippen molar-refractivity contribution >= 4 is 68.0 Å². The highest BCUT2D eigenvalue weighted by molar-refractivity contribution is 7.01. The van der Waals surface area contributed by atoms with Gasteiger partial charge in [0.15, 0.2) is 0 Å². The number of rotatable bonds is 0. The summed E-state index contributed by atoms with van der Waals surface area (Å²) in [6.45, 7) is -0.0739. The molecule has 0 spiro atoms. The maximum absolute atomic E-state index is 6.62. The Morgan fingerprint density at radius 3 is 2.00 bits per heavy atom. The van der Waals surface area contributed by atoms with Gasteiger partial charge in [0.2, 0.25) is 11.8 Å². The zero-order valence-corrected chi connectivity index (χ0v) is 22.2. The number of fused-ring (bicyclic) bond motifs is 11. The van der Waals surface area contributed by atoms with E-state index in [1.807, 2.05) is 30.3 Å². The molecule has 0 radical (unpaired) electrons. The van der Waals surface area contributed by atoms with Gasteiger partial charge in [-0.25, -0.2) is 0 Å². The summed E-state index contributed by atoms with van der Waals surface area (Å²) < 4.78 is 21.9. The van der Waals surface area contributed by atoms with Gasteiger partial charge < -0.3 is 18.8 Å². The Morgan fingerprint density at radius 1 is 0.500 bits per heavy atom. The van der Waals surface area contributed by atoms with E-state index in [0.717, 1.165) is 50.5 Å². The Bertz CT molecular complexity index is 2380. The van der Waals surface area contributed by atoms with Gasteiger partial charge in [-0.3, -0.25) is 0 Å². The Labute approximate surface area is 241 Å². The molecule has 7 aromatic rings. The van der Waals surface area contributed by atoms with Gasteiger partial charge in [-0.2, -0.15) is 4.98 Å². The molecule has 0 atom stereocenters. The monoisotopic (exact) mass is 536 g/mol. The van der Waals surface area contributed by atoms with E-state index >= 15 is 0 Å². The maximum atomic E-state index is 6.62. The van der Waals surface area contributed by atoms with E-state index in [2.05, 4.69) is 83.4 Å². The number of para-hydroxylation sites is 3. The topological polar surface area (TPSA) is 45.5 Å². The Kier molecular flexibility index (Phi) is 3.69. The minimum Gasteiger partial charge on any atom is -0.458 e.